The predicted molar refractivity (Wildman–Crippen MR) is 79.4 cm³/mol. The minimum absolute atomic E-state index is 0.195. The maximum atomic E-state index is 12.3. The number of carbonyl (C=O) groups excluding carboxylic acids is 2. The van der Waals surface area contributed by atoms with Gasteiger partial charge in [0.05, 0.1) is 6.61 Å². The van der Waals surface area contributed by atoms with Crippen molar-refractivity contribution in [2.45, 2.75) is 33.6 Å². The topological polar surface area (TPSA) is 43.4 Å². The molecule has 108 valence electrons. The molecule has 20 heavy (non-hydrogen) atoms. The summed E-state index contributed by atoms with van der Waals surface area (Å²) < 4.78 is 5.06. The van der Waals surface area contributed by atoms with Crippen LogP contribution >= 0.6 is 0 Å². The van der Waals surface area contributed by atoms with E-state index in [1.807, 2.05) is 51.1 Å². The quantitative estimate of drug-likeness (QED) is 0.453. The molecular weight excluding hydrogens is 252 g/mol. The number of carbonyl (C=O) groups is 2. The molecule has 0 bridgehead atoms. The number of ketones is 1. The Kier molecular flexibility index (Phi) is 6.16. The minimum atomic E-state index is -0.785. The molecule has 0 N–H and O–H groups in total. The molecule has 0 radical (unpaired) electrons. The first-order valence-corrected chi connectivity index (χ1v) is 6.87. The van der Waals surface area contributed by atoms with E-state index in [2.05, 4.69) is 0 Å². The minimum Gasteiger partial charge on any atom is -0.465 e. The first kappa shape index (κ1) is 16.2. The van der Waals surface area contributed by atoms with Crippen molar-refractivity contribution < 1.29 is 14.3 Å². The highest BCUT2D eigenvalue weighted by Crippen LogP contribution is 2.27. The van der Waals surface area contributed by atoms with Crippen molar-refractivity contribution in [3.8, 4) is 0 Å². The van der Waals surface area contributed by atoms with Gasteiger partial charge in [0.15, 0.2) is 5.78 Å². The van der Waals surface area contributed by atoms with Gasteiger partial charge in [0, 0.05) is 5.92 Å². The molecule has 1 aromatic rings. The summed E-state index contributed by atoms with van der Waals surface area (Å²) >= 11 is 0. The Balaban J connectivity index is 3.07. The van der Waals surface area contributed by atoms with Gasteiger partial charge in [-0.1, -0.05) is 42.8 Å². The molecular formula is C17H22O3. The molecule has 2 unspecified atom stereocenters. The van der Waals surface area contributed by atoms with Gasteiger partial charge in [-0.2, -0.15) is 0 Å². The van der Waals surface area contributed by atoms with Crippen molar-refractivity contribution in [1.29, 1.82) is 0 Å². The monoisotopic (exact) mass is 274 g/mol. The third-order valence-electron chi connectivity index (χ3n) is 3.10. The molecule has 0 spiro atoms. The second-order valence-corrected chi connectivity index (χ2v) is 5.05. The van der Waals surface area contributed by atoms with Crippen LogP contribution in [0.15, 0.2) is 42.0 Å². The Morgan fingerprint density at radius 2 is 1.80 bits per heavy atom. The normalized spacial score (nSPS) is 13.2. The van der Waals surface area contributed by atoms with Crippen molar-refractivity contribution in [2.75, 3.05) is 6.61 Å². The van der Waals surface area contributed by atoms with E-state index in [1.165, 1.54) is 6.08 Å². The van der Waals surface area contributed by atoms with Crippen molar-refractivity contribution in [2.24, 2.45) is 5.92 Å². The Morgan fingerprint density at radius 1 is 1.20 bits per heavy atom. The molecule has 0 amide bonds. The SMILES string of the molecule is CCOC(=O)C(C(=O)C=C(C)C)C(C)c1ccccc1. The molecule has 1 rings (SSSR count). The number of benzene rings is 1. The number of ether oxygens (including phenoxy) is 1. The molecule has 3 heteroatoms. The molecule has 0 fully saturated rings. The van der Waals surface area contributed by atoms with Crippen LogP contribution in [0.1, 0.15) is 39.2 Å². The highest BCUT2D eigenvalue weighted by molar-refractivity contribution is 6.06. The van der Waals surface area contributed by atoms with E-state index < -0.39 is 11.9 Å². The van der Waals surface area contributed by atoms with Gasteiger partial charge >= 0.3 is 5.97 Å². The molecule has 0 saturated carbocycles. The van der Waals surface area contributed by atoms with E-state index in [1.54, 1.807) is 6.92 Å². The van der Waals surface area contributed by atoms with Crippen molar-refractivity contribution >= 4 is 11.8 Å². The summed E-state index contributed by atoms with van der Waals surface area (Å²) in [6.45, 7) is 7.58. The molecule has 0 aliphatic carbocycles. The molecule has 0 aliphatic rings. The van der Waals surface area contributed by atoms with Crippen molar-refractivity contribution in [3.63, 3.8) is 0 Å². The fourth-order valence-electron chi connectivity index (χ4n) is 2.12. The summed E-state index contributed by atoms with van der Waals surface area (Å²) in [5.74, 6) is -1.64. The highest BCUT2D eigenvalue weighted by atomic mass is 16.5. The first-order chi connectivity index (χ1) is 9.47. The summed E-state index contributed by atoms with van der Waals surface area (Å²) in [4.78, 5) is 24.4. The maximum absolute atomic E-state index is 12.3. The molecule has 2 atom stereocenters. The van der Waals surface area contributed by atoms with Gasteiger partial charge < -0.3 is 4.74 Å². The van der Waals surface area contributed by atoms with Crippen LogP contribution in [-0.2, 0) is 14.3 Å². The van der Waals surface area contributed by atoms with E-state index in [9.17, 15) is 9.59 Å². The van der Waals surface area contributed by atoms with Crippen LogP contribution in [-0.4, -0.2) is 18.4 Å². The third-order valence-corrected chi connectivity index (χ3v) is 3.10. The number of rotatable bonds is 6. The van der Waals surface area contributed by atoms with Crippen molar-refractivity contribution in [1.82, 2.24) is 0 Å². The highest BCUT2D eigenvalue weighted by Gasteiger charge is 2.32. The maximum Gasteiger partial charge on any atom is 0.317 e. The van der Waals surface area contributed by atoms with E-state index >= 15 is 0 Å². The Bertz CT molecular complexity index is 484. The van der Waals surface area contributed by atoms with Crippen LogP contribution < -0.4 is 0 Å². The predicted octanol–water partition coefficient (Wildman–Crippen LogP) is 3.50. The summed E-state index contributed by atoms with van der Waals surface area (Å²) in [5, 5.41) is 0. The number of hydrogen-bond donors (Lipinski definition) is 0. The second kappa shape index (κ2) is 7.63. The van der Waals surface area contributed by atoms with Gasteiger partial charge in [-0.05, 0) is 32.4 Å². The van der Waals surface area contributed by atoms with E-state index in [-0.39, 0.29) is 18.3 Å². The van der Waals surface area contributed by atoms with Crippen LogP contribution in [0.25, 0.3) is 0 Å². The molecule has 3 nitrogen and oxygen atoms in total. The van der Waals surface area contributed by atoms with Gasteiger partial charge in [0.1, 0.15) is 5.92 Å². The number of allylic oxidation sites excluding steroid dienone is 2. The summed E-state index contributed by atoms with van der Waals surface area (Å²) in [5.41, 5.74) is 1.84. The summed E-state index contributed by atoms with van der Waals surface area (Å²) in [7, 11) is 0. The number of hydrogen-bond acceptors (Lipinski definition) is 3. The van der Waals surface area contributed by atoms with Crippen LogP contribution in [0.2, 0.25) is 0 Å². The molecule has 0 aromatic heterocycles. The Hall–Kier alpha value is -1.90. The van der Waals surface area contributed by atoms with Crippen LogP contribution in [0, 0.1) is 5.92 Å². The fourth-order valence-corrected chi connectivity index (χ4v) is 2.12. The summed E-state index contributed by atoms with van der Waals surface area (Å²) in [6.07, 6.45) is 1.51. The first-order valence-electron chi connectivity index (χ1n) is 6.87. The average Bonchev–Trinajstić information content (AvgIpc) is 2.39. The van der Waals surface area contributed by atoms with Gasteiger partial charge in [-0.15, -0.1) is 0 Å². The Labute approximate surface area is 120 Å². The fraction of sp³-hybridized carbons (Fsp3) is 0.412. The molecule has 1 aromatic carbocycles. The average molecular weight is 274 g/mol. The van der Waals surface area contributed by atoms with Crippen molar-refractivity contribution in [3.05, 3.63) is 47.5 Å². The molecule has 0 heterocycles. The smallest absolute Gasteiger partial charge is 0.317 e. The lowest BCUT2D eigenvalue weighted by molar-refractivity contribution is -0.151. The lowest BCUT2D eigenvalue weighted by Gasteiger charge is -2.20. The third kappa shape index (κ3) is 4.34. The van der Waals surface area contributed by atoms with Crippen LogP contribution in [0.5, 0.6) is 0 Å². The zero-order chi connectivity index (χ0) is 15.1. The van der Waals surface area contributed by atoms with Gasteiger partial charge in [0.25, 0.3) is 0 Å². The van der Waals surface area contributed by atoms with Crippen LogP contribution in [0.4, 0.5) is 0 Å². The Morgan fingerprint density at radius 3 is 2.30 bits per heavy atom. The molecule has 0 aliphatic heterocycles. The van der Waals surface area contributed by atoms with Gasteiger partial charge in [-0.3, -0.25) is 9.59 Å². The zero-order valence-electron chi connectivity index (χ0n) is 12.6. The zero-order valence-corrected chi connectivity index (χ0v) is 12.6. The van der Waals surface area contributed by atoms with Crippen LogP contribution in [0.3, 0.4) is 0 Å². The van der Waals surface area contributed by atoms with E-state index in [0.29, 0.717) is 0 Å². The van der Waals surface area contributed by atoms with E-state index in [0.717, 1.165) is 11.1 Å². The van der Waals surface area contributed by atoms with Gasteiger partial charge in [-0.25, -0.2) is 0 Å². The lowest BCUT2D eigenvalue weighted by Crippen LogP contribution is -2.30. The largest absolute Gasteiger partial charge is 0.465 e. The van der Waals surface area contributed by atoms with Gasteiger partial charge in [0.2, 0.25) is 0 Å². The molecule has 0 saturated heterocycles. The lowest BCUT2D eigenvalue weighted by atomic mass is 9.84. The second-order valence-electron chi connectivity index (χ2n) is 5.05. The standard InChI is InChI=1S/C17H22O3/c1-5-20-17(19)16(15(18)11-12(2)3)13(4)14-9-7-6-8-10-14/h6-11,13,16H,5H2,1-4H3. The summed E-state index contributed by atoms with van der Waals surface area (Å²) in [6, 6.07) is 9.56. The van der Waals surface area contributed by atoms with E-state index in [4.69, 9.17) is 4.74 Å². The number of esters is 1.